The van der Waals surface area contributed by atoms with Gasteiger partial charge in [0.15, 0.2) is 9.84 Å². The van der Waals surface area contributed by atoms with Gasteiger partial charge in [-0.05, 0) is 43.5 Å². The molecule has 1 saturated heterocycles. The van der Waals surface area contributed by atoms with E-state index in [1.807, 2.05) is 6.92 Å². The van der Waals surface area contributed by atoms with Gasteiger partial charge in [0.05, 0.1) is 23.5 Å². The average molecular weight is 419 g/mol. The van der Waals surface area contributed by atoms with E-state index in [0.29, 0.717) is 29.9 Å². The summed E-state index contributed by atoms with van der Waals surface area (Å²) in [4.78, 5) is 26.6. The summed E-state index contributed by atoms with van der Waals surface area (Å²) >= 11 is 0. The molecule has 0 aliphatic carbocycles. The van der Waals surface area contributed by atoms with Crippen molar-refractivity contribution in [1.82, 2.24) is 4.90 Å². The molecule has 2 heterocycles. The minimum atomic E-state index is -3.10. The molecule has 1 atom stereocenters. The molecule has 1 fully saturated rings. The largest absolute Gasteiger partial charge is 0.489 e. The number of amides is 1. The van der Waals surface area contributed by atoms with Crippen molar-refractivity contribution >= 4 is 26.7 Å². The maximum absolute atomic E-state index is 12.7. The van der Waals surface area contributed by atoms with Crippen LogP contribution < -0.4 is 10.4 Å². The number of likely N-dealkylation sites (N-methyl/N-ethyl adjacent to an activating group) is 1. The predicted octanol–water partition coefficient (Wildman–Crippen LogP) is 2.24. The van der Waals surface area contributed by atoms with Crippen LogP contribution >= 0.6 is 0 Å². The number of carbonyl (C=O) groups is 1. The van der Waals surface area contributed by atoms with Gasteiger partial charge in [-0.15, -0.1) is 0 Å². The van der Waals surface area contributed by atoms with E-state index in [0.717, 1.165) is 11.0 Å². The highest BCUT2D eigenvalue weighted by Gasteiger charge is 2.33. The molecule has 3 rings (SSSR count). The molecule has 1 amide bonds. The lowest BCUT2D eigenvalue weighted by Gasteiger charge is -2.23. The molecule has 0 saturated carbocycles. The van der Waals surface area contributed by atoms with E-state index in [1.165, 1.54) is 4.90 Å². The predicted molar refractivity (Wildman–Crippen MR) is 111 cm³/mol. The fourth-order valence-electron chi connectivity index (χ4n) is 3.44. The maximum atomic E-state index is 12.7. The average Bonchev–Trinajstić information content (AvgIpc) is 3.02. The van der Waals surface area contributed by atoms with Crippen LogP contribution in [-0.4, -0.2) is 50.4 Å². The molecule has 2 aromatic rings. The van der Waals surface area contributed by atoms with Crippen LogP contribution in [0.2, 0.25) is 0 Å². The highest BCUT2D eigenvalue weighted by molar-refractivity contribution is 7.91. The van der Waals surface area contributed by atoms with Crippen molar-refractivity contribution < 1.29 is 22.4 Å². The highest BCUT2D eigenvalue weighted by Crippen LogP contribution is 2.25. The van der Waals surface area contributed by atoms with Crippen molar-refractivity contribution in [3.05, 3.63) is 51.9 Å². The Morgan fingerprint density at radius 2 is 2.10 bits per heavy atom. The molecule has 0 radical (unpaired) electrons. The molecular formula is C21H25NO6S. The lowest BCUT2D eigenvalue weighted by Crippen LogP contribution is -2.39. The second kappa shape index (κ2) is 8.02. The molecule has 29 heavy (non-hydrogen) atoms. The monoisotopic (exact) mass is 419 g/mol. The normalized spacial score (nSPS) is 18.0. The Balaban J connectivity index is 1.84. The van der Waals surface area contributed by atoms with Gasteiger partial charge in [0.2, 0.25) is 5.91 Å². The molecule has 1 aliphatic rings. The van der Waals surface area contributed by atoms with E-state index in [1.54, 1.807) is 32.2 Å². The van der Waals surface area contributed by atoms with Crippen LogP contribution in [0.5, 0.6) is 5.75 Å². The molecule has 1 aliphatic heterocycles. The van der Waals surface area contributed by atoms with Crippen molar-refractivity contribution in [2.45, 2.75) is 32.7 Å². The van der Waals surface area contributed by atoms with Gasteiger partial charge in [0.1, 0.15) is 17.9 Å². The number of nitrogens with zero attached hydrogens (tertiary/aromatic N) is 1. The number of carbonyl (C=O) groups excluding carboxylic acids is 1. The SMILES string of the molecule is C=C(C)COc1ccc2c(C)c(CC(=O)N(C)C3CCS(=O)(=O)C3)c(=O)oc2c1. The summed E-state index contributed by atoms with van der Waals surface area (Å²) in [6, 6.07) is 4.86. The maximum Gasteiger partial charge on any atom is 0.340 e. The quantitative estimate of drug-likeness (QED) is 0.527. The van der Waals surface area contributed by atoms with Crippen LogP contribution in [-0.2, 0) is 21.1 Å². The van der Waals surface area contributed by atoms with Crippen molar-refractivity contribution in [2.75, 3.05) is 25.2 Å². The van der Waals surface area contributed by atoms with Gasteiger partial charge in [0, 0.05) is 24.5 Å². The summed E-state index contributed by atoms with van der Waals surface area (Å²) in [5.41, 5.74) is 1.64. The first kappa shape index (κ1) is 21.1. The van der Waals surface area contributed by atoms with Crippen molar-refractivity contribution in [2.24, 2.45) is 0 Å². The standard InChI is InChI=1S/C21H25NO6S/c1-13(2)11-27-16-5-6-17-14(3)18(21(24)28-19(17)9-16)10-20(23)22(4)15-7-8-29(25,26)12-15/h5-6,9,15H,1,7-8,10-12H2,2-4H3. The van der Waals surface area contributed by atoms with Crippen LogP contribution in [0.3, 0.4) is 0 Å². The molecule has 1 aromatic carbocycles. The Labute approximate surface area is 169 Å². The van der Waals surface area contributed by atoms with Gasteiger partial charge in [-0.1, -0.05) is 6.58 Å². The third kappa shape index (κ3) is 4.70. The smallest absolute Gasteiger partial charge is 0.340 e. The number of aryl methyl sites for hydroxylation is 1. The van der Waals surface area contributed by atoms with Crippen LogP contribution in [0.1, 0.15) is 24.5 Å². The van der Waals surface area contributed by atoms with Crippen LogP contribution in [0.4, 0.5) is 0 Å². The summed E-state index contributed by atoms with van der Waals surface area (Å²) in [6.45, 7) is 7.78. The molecule has 8 heteroatoms. The number of ether oxygens (including phenoxy) is 1. The van der Waals surface area contributed by atoms with Crippen LogP contribution in [0.25, 0.3) is 11.0 Å². The second-order valence-corrected chi connectivity index (χ2v) is 9.86. The Hall–Kier alpha value is -2.61. The zero-order valence-electron chi connectivity index (χ0n) is 16.9. The van der Waals surface area contributed by atoms with Crippen LogP contribution in [0, 0.1) is 6.92 Å². The molecule has 1 aromatic heterocycles. The lowest BCUT2D eigenvalue weighted by atomic mass is 10.0. The fourth-order valence-corrected chi connectivity index (χ4v) is 5.21. The second-order valence-electron chi connectivity index (χ2n) is 7.64. The van der Waals surface area contributed by atoms with E-state index in [9.17, 15) is 18.0 Å². The number of benzene rings is 1. The number of sulfone groups is 1. The lowest BCUT2D eigenvalue weighted by molar-refractivity contribution is -0.130. The van der Waals surface area contributed by atoms with E-state index in [2.05, 4.69) is 6.58 Å². The van der Waals surface area contributed by atoms with Gasteiger partial charge in [-0.3, -0.25) is 4.79 Å². The first-order valence-corrected chi connectivity index (χ1v) is 11.2. The Morgan fingerprint density at radius 3 is 2.72 bits per heavy atom. The van der Waals surface area contributed by atoms with Crippen molar-refractivity contribution in [1.29, 1.82) is 0 Å². The third-order valence-corrected chi connectivity index (χ3v) is 6.97. The molecule has 7 nitrogen and oxygen atoms in total. The van der Waals surface area contributed by atoms with Gasteiger partial charge in [-0.25, -0.2) is 13.2 Å². The van der Waals surface area contributed by atoms with E-state index < -0.39 is 15.5 Å². The summed E-state index contributed by atoms with van der Waals surface area (Å²) in [7, 11) is -1.52. The number of fused-ring (bicyclic) bond motifs is 1. The first-order chi connectivity index (χ1) is 13.6. The first-order valence-electron chi connectivity index (χ1n) is 9.37. The summed E-state index contributed by atoms with van der Waals surface area (Å²) in [6.07, 6.45) is 0.286. The van der Waals surface area contributed by atoms with Gasteiger partial charge in [-0.2, -0.15) is 0 Å². The van der Waals surface area contributed by atoms with Crippen molar-refractivity contribution in [3.8, 4) is 5.75 Å². The third-order valence-electron chi connectivity index (χ3n) is 5.22. The Kier molecular flexibility index (Phi) is 5.84. The topological polar surface area (TPSA) is 93.9 Å². The van der Waals surface area contributed by atoms with Gasteiger partial charge >= 0.3 is 5.63 Å². The highest BCUT2D eigenvalue weighted by atomic mass is 32.2. The number of rotatable bonds is 6. The van der Waals surface area contributed by atoms with E-state index in [4.69, 9.17) is 9.15 Å². The number of hydrogen-bond acceptors (Lipinski definition) is 6. The Bertz CT molecular complexity index is 1130. The minimum absolute atomic E-state index is 0.0342. The summed E-state index contributed by atoms with van der Waals surface area (Å²) < 4.78 is 34.4. The minimum Gasteiger partial charge on any atom is -0.489 e. The number of hydrogen-bond donors (Lipinski definition) is 0. The van der Waals surface area contributed by atoms with Gasteiger partial charge < -0.3 is 14.1 Å². The molecule has 1 unspecified atom stereocenters. The Morgan fingerprint density at radius 1 is 1.38 bits per heavy atom. The van der Waals surface area contributed by atoms with Crippen LogP contribution in [0.15, 0.2) is 39.6 Å². The zero-order valence-corrected chi connectivity index (χ0v) is 17.7. The summed E-state index contributed by atoms with van der Waals surface area (Å²) in [5, 5.41) is 0.723. The molecule has 0 bridgehead atoms. The van der Waals surface area contributed by atoms with E-state index in [-0.39, 0.29) is 35.4 Å². The molecule has 0 spiro atoms. The van der Waals surface area contributed by atoms with Gasteiger partial charge in [0.25, 0.3) is 0 Å². The molecular weight excluding hydrogens is 394 g/mol. The van der Waals surface area contributed by atoms with E-state index >= 15 is 0 Å². The fraction of sp³-hybridized carbons (Fsp3) is 0.429. The summed E-state index contributed by atoms with van der Waals surface area (Å²) in [5.74, 6) is 0.313. The van der Waals surface area contributed by atoms with Crippen molar-refractivity contribution in [3.63, 3.8) is 0 Å². The molecule has 156 valence electrons. The zero-order chi connectivity index (χ0) is 21.3. The molecule has 0 N–H and O–H groups in total.